The van der Waals surface area contributed by atoms with Crippen LogP contribution < -0.4 is 50.8 Å². The Morgan fingerprint density at radius 2 is 0.907 bits per heavy atom. The first-order valence-corrected chi connectivity index (χ1v) is 30.2. The number of hydrogen-bond acceptors (Lipinski definition) is 2. The molecule has 15 rings (SSSR count). The highest BCUT2D eigenvalue weighted by molar-refractivity contribution is 7.22. The van der Waals surface area contributed by atoms with Crippen molar-refractivity contribution in [2.75, 3.05) is 0 Å². The monoisotopic (exact) mass is 1170 g/mol. The molecule has 408 valence electrons. The van der Waals surface area contributed by atoms with Gasteiger partial charge in [-0.15, -0.1) is 0 Å². The van der Waals surface area contributed by atoms with E-state index in [1.807, 2.05) is 0 Å². The maximum absolute atomic E-state index is 10.3. The molecule has 15 aromatic rings. The number of aromatic nitrogens is 4. The Balaban J connectivity index is 1.13. The van der Waals surface area contributed by atoms with Crippen LogP contribution in [0.1, 0.15) is 57.7 Å². The van der Waals surface area contributed by atoms with Crippen molar-refractivity contribution in [2.24, 2.45) is 0 Å². The summed E-state index contributed by atoms with van der Waals surface area (Å²) >= 11 is 0. The lowest BCUT2D eigenvalue weighted by molar-refractivity contribution is -0.570. The second-order valence-electron chi connectivity index (χ2n) is 19.2. The summed E-state index contributed by atoms with van der Waals surface area (Å²) in [5, 5.41) is -7.30. The highest BCUT2D eigenvalue weighted by atomic mass is 28.3. The molecular weight excluding hydrogens is 1080 g/mol. The van der Waals surface area contributed by atoms with E-state index in [2.05, 4.69) is 11.3 Å². The number of aryl methyl sites for hydroxylation is 1. The SMILES string of the molecule is [2H]c1c([2H])c([2H])c(-c2cnc(-n3c4ccccc4c4ccc(Oc5cccc(-n6[c-][n+](-c7c([Si](c8c([2H])c([2H])c([2H])c([2H])c8[2H])(c8c([2H])c([2H])c([2H])c([2H])c8[2H])c8c([2H])c([2H])c([2H])c([2H])c8[2H])cccc7[Si](c7c([2H])c([2H])c([2H])c([2H])c7[2H])(c7c([2H])c([2H])c([2H])c([2H])c7[2H])c7c([2H])c([2H])c([2H])c([2H])c7[2H])c7ccccc76)c5)cc43)cc2C([2H])([2H])[2H])c([2H])c1[2H]. The summed E-state index contributed by atoms with van der Waals surface area (Å²) < 4.78 is 371. The minimum absolute atomic E-state index is 0.00494. The van der Waals surface area contributed by atoms with Crippen LogP contribution in [0.2, 0.25) is 0 Å². The number of imidazole rings is 1. The number of pyridine rings is 1. The third kappa shape index (κ3) is 8.74. The van der Waals surface area contributed by atoms with Gasteiger partial charge in [0.2, 0.25) is 0 Å². The van der Waals surface area contributed by atoms with Gasteiger partial charge < -0.3 is 4.74 Å². The Labute approximate surface area is 556 Å². The van der Waals surface area contributed by atoms with Crippen LogP contribution in [0, 0.1) is 13.2 Å². The number of rotatable bonds is 14. The zero-order valence-electron chi connectivity index (χ0n) is 82.2. The highest BCUT2D eigenvalue weighted by Crippen LogP contribution is 2.36. The molecule has 0 aliphatic carbocycles. The molecular formula is C79H58N4OSi2. The van der Waals surface area contributed by atoms with Crippen molar-refractivity contribution in [3.05, 3.63) is 345 Å². The lowest BCUT2D eigenvalue weighted by Gasteiger charge is -2.40. The van der Waals surface area contributed by atoms with Gasteiger partial charge in [-0.1, -0.05) is 278 Å². The van der Waals surface area contributed by atoms with E-state index in [0.717, 1.165) is 29.0 Å². The normalized spacial score (nSPS) is 18.1. The predicted molar refractivity (Wildman–Crippen MR) is 360 cm³/mol. The van der Waals surface area contributed by atoms with Crippen LogP contribution in [0.3, 0.4) is 0 Å². The number of nitrogens with zero attached hydrogens (tertiary/aromatic N) is 4. The van der Waals surface area contributed by atoms with Crippen LogP contribution in [-0.2, 0) is 0 Å². The van der Waals surface area contributed by atoms with E-state index >= 15 is 0 Å². The second-order valence-corrected chi connectivity index (χ2v) is 26.3. The van der Waals surface area contributed by atoms with Gasteiger partial charge in [-0.3, -0.25) is 13.7 Å². The Kier molecular flexibility index (Phi) is 6.60. The molecule has 0 amide bonds. The molecule has 0 N–H and O–H groups in total. The molecule has 0 fully saturated rings. The summed E-state index contributed by atoms with van der Waals surface area (Å²) in [4.78, 5) is 4.68. The molecule has 0 aliphatic rings. The molecule has 0 unspecified atom stereocenters. The fourth-order valence-electron chi connectivity index (χ4n) is 11.2. The molecule has 3 aromatic heterocycles. The molecule has 7 heteroatoms. The fraction of sp³-hybridized carbons (Fsp3) is 0.0127. The zero-order valence-corrected chi connectivity index (χ0v) is 46.2. The molecule has 0 radical (unpaired) electrons. The van der Waals surface area contributed by atoms with Crippen LogP contribution in [0.15, 0.2) is 333 Å². The van der Waals surface area contributed by atoms with Gasteiger partial charge in [-0.25, -0.2) is 4.98 Å². The third-order valence-electron chi connectivity index (χ3n) is 14.7. The lowest BCUT2D eigenvalue weighted by atomic mass is 10.0. The van der Waals surface area contributed by atoms with Crippen LogP contribution in [0.5, 0.6) is 11.5 Å². The van der Waals surface area contributed by atoms with Crippen molar-refractivity contribution in [3.63, 3.8) is 0 Å². The molecule has 5 nitrogen and oxygen atoms in total. The predicted octanol–water partition coefficient (Wildman–Crippen LogP) is 12.7. The fourth-order valence-corrected chi connectivity index (χ4v) is 19.4. The van der Waals surface area contributed by atoms with Crippen LogP contribution >= 0.6 is 0 Å². The molecule has 0 spiro atoms. The number of para-hydroxylation sites is 4. The van der Waals surface area contributed by atoms with Gasteiger partial charge in [0.1, 0.15) is 17.3 Å². The second kappa shape index (κ2) is 22.1. The summed E-state index contributed by atoms with van der Waals surface area (Å²) in [6.07, 6.45) is 4.37. The Hall–Kier alpha value is -10.7. The first kappa shape index (κ1) is 25.6. The van der Waals surface area contributed by atoms with Crippen molar-refractivity contribution in [1.29, 1.82) is 0 Å². The maximum atomic E-state index is 10.3. The quantitative estimate of drug-likeness (QED) is 0.0471. The van der Waals surface area contributed by atoms with E-state index in [4.69, 9.17) is 23.9 Å². The molecule has 0 saturated heterocycles. The van der Waals surface area contributed by atoms with Gasteiger partial charge in [0.25, 0.3) is 6.33 Å². The number of hydrogen-bond donors (Lipinski definition) is 0. The van der Waals surface area contributed by atoms with Gasteiger partial charge in [0.15, 0.2) is 16.1 Å². The summed E-state index contributed by atoms with van der Waals surface area (Å²) in [6.45, 7) is -2.98. The Bertz CT molecular complexity index is 6480. The molecule has 0 aliphatic heterocycles. The average molecular weight is 1170 g/mol. The minimum Gasteiger partial charge on any atom is -0.458 e. The highest BCUT2D eigenvalue weighted by Gasteiger charge is 2.48. The minimum atomic E-state index is -6.74. The molecule has 0 atom stereocenters. The zero-order chi connectivity index (χ0) is 90.4. The molecule has 12 aromatic carbocycles. The van der Waals surface area contributed by atoms with E-state index in [-0.39, 0.29) is 39.6 Å². The average Bonchev–Trinajstić information content (AvgIpc) is 0.856. The number of fused-ring (bicyclic) bond motifs is 4. The first-order chi connectivity index (χ1) is 58.3. The van der Waals surface area contributed by atoms with Crippen LogP contribution in [-0.4, -0.2) is 30.3 Å². The lowest BCUT2D eigenvalue weighted by Crippen LogP contribution is -2.80. The van der Waals surface area contributed by atoms with Crippen molar-refractivity contribution >= 4 is 90.5 Å². The van der Waals surface area contributed by atoms with E-state index < -0.39 is 293 Å². The first-order valence-electron chi connectivity index (χ1n) is 45.2. The van der Waals surface area contributed by atoms with Gasteiger partial charge in [0, 0.05) is 32.7 Å². The van der Waals surface area contributed by atoms with Gasteiger partial charge in [-0.05, 0) is 102 Å². The third-order valence-corrected chi connectivity index (χ3v) is 23.1. The Morgan fingerprint density at radius 1 is 0.442 bits per heavy atom. The molecule has 0 saturated carbocycles. The largest absolute Gasteiger partial charge is 0.458 e. The van der Waals surface area contributed by atoms with Gasteiger partial charge >= 0.3 is 0 Å². The van der Waals surface area contributed by atoms with E-state index in [1.165, 1.54) is 59.2 Å². The van der Waals surface area contributed by atoms with E-state index in [9.17, 15) is 32.9 Å². The number of benzene rings is 12. The Morgan fingerprint density at radius 3 is 1.44 bits per heavy atom. The molecule has 0 bridgehead atoms. The van der Waals surface area contributed by atoms with E-state index in [1.54, 1.807) is 47.0 Å². The number of ether oxygens (including phenoxy) is 1. The molecule has 3 heterocycles. The van der Waals surface area contributed by atoms with E-state index in [0.29, 0.717) is 21.8 Å². The standard InChI is InChI=1S/C79H58N4OSi2/c1-58-53-78(80-56-71(58)59-29-9-2-10-30-59)83-72-46-24-23-45-69(72)70-52-51-62(55-75(70)83)84-61-32-27-31-60(54-61)81-57-82(74-48-26-25-47-73(74)81)79-76(85(63-33-11-3-12-34-63,64-35-13-4-14-36-64)65-37-15-5-16-38-65)49-28-50-77(79)86(66-39-17-6-18-40-66,67-41-19-7-20-42-67)68-43-21-8-22-44-68/h2-56H,1H3/i1D3,2D,3D,4D,5D,6D,7D,8D,9D,10D,11D,12D,13D,14D,15D,16D,17D,18D,19D,20D,21D,22D,29D,30D,33D,34D,35D,36D,37D,38D,39D,40D,41D,42D,43D,44D. The van der Waals surface area contributed by atoms with Crippen LogP contribution in [0.4, 0.5) is 0 Å². The van der Waals surface area contributed by atoms with Crippen molar-refractivity contribution in [1.82, 2.24) is 14.1 Å². The molecule has 86 heavy (non-hydrogen) atoms. The van der Waals surface area contributed by atoms with Gasteiger partial charge in [0.05, 0.1) is 81.4 Å². The summed E-state index contributed by atoms with van der Waals surface area (Å²) in [5.74, 6) is 0.110. The van der Waals surface area contributed by atoms with Crippen molar-refractivity contribution < 1.29 is 61.4 Å². The van der Waals surface area contributed by atoms with Crippen molar-refractivity contribution in [2.45, 2.75) is 6.85 Å². The summed E-state index contributed by atoms with van der Waals surface area (Å²) in [5.41, 5.74) is -1.26. The smallest absolute Gasteiger partial charge is 0.269 e. The maximum Gasteiger partial charge on any atom is 0.269 e. The van der Waals surface area contributed by atoms with Crippen LogP contribution in [0.25, 0.3) is 61.2 Å². The van der Waals surface area contributed by atoms with Crippen molar-refractivity contribution in [3.8, 4) is 39.8 Å². The van der Waals surface area contributed by atoms with Gasteiger partial charge in [-0.2, -0.15) is 0 Å². The summed E-state index contributed by atoms with van der Waals surface area (Å²) in [7, 11) is -13.5. The topological polar surface area (TPSA) is 35.9 Å². The summed E-state index contributed by atoms with van der Waals surface area (Å²) in [6, 6.07) is -13.0.